The topological polar surface area (TPSA) is 12.0 Å². The van der Waals surface area contributed by atoms with Crippen molar-refractivity contribution >= 4 is 0 Å². The molecule has 1 aliphatic heterocycles. The third kappa shape index (κ3) is 2.07. The lowest BCUT2D eigenvalue weighted by molar-refractivity contribution is 0.186. The first kappa shape index (κ1) is 9.51. The largest absolute Gasteiger partial charge is 0.316 e. The molecule has 1 heteroatoms. The molecule has 4 unspecified atom stereocenters. The van der Waals surface area contributed by atoms with Crippen molar-refractivity contribution in [3.63, 3.8) is 0 Å². The molecule has 1 aliphatic carbocycles. The van der Waals surface area contributed by atoms with Gasteiger partial charge in [-0.25, -0.2) is 0 Å². The van der Waals surface area contributed by atoms with Gasteiger partial charge in [0.1, 0.15) is 0 Å². The number of hydrogen-bond acceptors (Lipinski definition) is 1. The molecule has 1 nitrogen and oxygen atoms in total. The van der Waals surface area contributed by atoms with Crippen molar-refractivity contribution in [2.45, 2.75) is 39.5 Å². The number of hydrogen-bond donors (Lipinski definition) is 1. The van der Waals surface area contributed by atoms with Crippen LogP contribution < -0.4 is 5.32 Å². The average Bonchev–Trinajstić information content (AvgIpc) is 2.27. The summed E-state index contributed by atoms with van der Waals surface area (Å²) in [4.78, 5) is 0. The molecule has 1 heterocycles. The van der Waals surface area contributed by atoms with E-state index in [0.717, 1.165) is 23.7 Å². The molecule has 2 rings (SSSR count). The Hall–Kier alpha value is -0.0400. The number of piperidine rings is 1. The van der Waals surface area contributed by atoms with Crippen molar-refractivity contribution in [3.05, 3.63) is 0 Å². The predicted molar refractivity (Wildman–Crippen MR) is 56.6 cm³/mol. The van der Waals surface area contributed by atoms with Gasteiger partial charge in [0.05, 0.1) is 0 Å². The summed E-state index contributed by atoms with van der Waals surface area (Å²) in [6.07, 6.45) is 5.84. The highest BCUT2D eigenvalue weighted by Gasteiger charge is 2.32. The standard InChI is InChI=1S/C12H23N/c1-9-3-4-11-8-13-6-5-12(11)10(2)7-9/h9-13H,3-8H2,1-2H3. The fourth-order valence-corrected chi connectivity index (χ4v) is 3.43. The lowest BCUT2D eigenvalue weighted by Crippen LogP contribution is -2.38. The molecule has 0 aromatic rings. The maximum absolute atomic E-state index is 3.55. The highest BCUT2D eigenvalue weighted by molar-refractivity contribution is 4.85. The van der Waals surface area contributed by atoms with Gasteiger partial charge in [-0.3, -0.25) is 0 Å². The van der Waals surface area contributed by atoms with Crippen LogP contribution in [0.15, 0.2) is 0 Å². The first-order valence-electron chi connectivity index (χ1n) is 5.98. The lowest BCUT2D eigenvalue weighted by atomic mass is 9.77. The van der Waals surface area contributed by atoms with Gasteiger partial charge in [0.25, 0.3) is 0 Å². The van der Waals surface area contributed by atoms with Crippen LogP contribution in [-0.2, 0) is 0 Å². The van der Waals surface area contributed by atoms with Crippen LogP contribution in [-0.4, -0.2) is 13.1 Å². The molecule has 1 N–H and O–H groups in total. The van der Waals surface area contributed by atoms with E-state index in [1.807, 2.05) is 0 Å². The number of nitrogens with one attached hydrogen (secondary N) is 1. The Morgan fingerprint density at radius 1 is 1.08 bits per heavy atom. The summed E-state index contributed by atoms with van der Waals surface area (Å²) in [6, 6.07) is 0. The Labute approximate surface area is 82.3 Å². The van der Waals surface area contributed by atoms with Gasteiger partial charge in [-0.1, -0.05) is 20.3 Å². The van der Waals surface area contributed by atoms with E-state index in [9.17, 15) is 0 Å². The highest BCUT2D eigenvalue weighted by Crippen LogP contribution is 2.38. The molecule has 1 saturated carbocycles. The van der Waals surface area contributed by atoms with Crippen molar-refractivity contribution in [2.75, 3.05) is 13.1 Å². The van der Waals surface area contributed by atoms with Gasteiger partial charge >= 0.3 is 0 Å². The van der Waals surface area contributed by atoms with Crippen LogP contribution in [0, 0.1) is 23.7 Å². The summed E-state index contributed by atoms with van der Waals surface area (Å²) >= 11 is 0. The first-order valence-corrected chi connectivity index (χ1v) is 5.98. The van der Waals surface area contributed by atoms with E-state index in [0.29, 0.717) is 0 Å². The molecule has 0 amide bonds. The molecule has 0 bridgehead atoms. The number of rotatable bonds is 0. The fraction of sp³-hybridized carbons (Fsp3) is 1.00. The third-order valence-electron chi connectivity index (χ3n) is 4.20. The fourth-order valence-electron chi connectivity index (χ4n) is 3.43. The van der Waals surface area contributed by atoms with Crippen LogP contribution >= 0.6 is 0 Å². The van der Waals surface area contributed by atoms with Crippen molar-refractivity contribution < 1.29 is 0 Å². The molecular weight excluding hydrogens is 158 g/mol. The zero-order valence-corrected chi connectivity index (χ0v) is 9.05. The van der Waals surface area contributed by atoms with Gasteiger partial charge in [-0.05, 0) is 56.0 Å². The van der Waals surface area contributed by atoms with Gasteiger partial charge in [-0.15, -0.1) is 0 Å². The first-order chi connectivity index (χ1) is 6.27. The summed E-state index contributed by atoms with van der Waals surface area (Å²) in [7, 11) is 0. The average molecular weight is 181 g/mol. The smallest absolute Gasteiger partial charge is 0.00178 e. The summed E-state index contributed by atoms with van der Waals surface area (Å²) in [5, 5.41) is 3.55. The van der Waals surface area contributed by atoms with Gasteiger partial charge in [0.2, 0.25) is 0 Å². The Kier molecular flexibility index (Phi) is 2.92. The van der Waals surface area contributed by atoms with Crippen molar-refractivity contribution in [3.8, 4) is 0 Å². The van der Waals surface area contributed by atoms with Gasteiger partial charge in [0, 0.05) is 0 Å². The summed E-state index contributed by atoms with van der Waals surface area (Å²) in [5.74, 6) is 3.98. The predicted octanol–water partition coefficient (Wildman–Crippen LogP) is 2.67. The van der Waals surface area contributed by atoms with Crippen LogP contribution in [0.4, 0.5) is 0 Å². The SMILES string of the molecule is CC1CCC2CNCCC2C(C)C1. The molecule has 2 aliphatic rings. The van der Waals surface area contributed by atoms with Crippen LogP contribution in [0.25, 0.3) is 0 Å². The van der Waals surface area contributed by atoms with E-state index < -0.39 is 0 Å². The van der Waals surface area contributed by atoms with Crippen LogP contribution in [0.5, 0.6) is 0 Å². The minimum Gasteiger partial charge on any atom is -0.316 e. The molecule has 0 radical (unpaired) electrons. The minimum absolute atomic E-state index is 0.973. The minimum atomic E-state index is 0.973. The van der Waals surface area contributed by atoms with E-state index in [1.165, 1.54) is 38.8 Å². The van der Waals surface area contributed by atoms with Crippen LogP contribution in [0.2, 0.25) is 0 Å². The molecule has 76 valence electrons. The molecule has 0 spiro atoms. The maximum Gasteiger partial charge on any atom is -0.00178 e. The van der Waals surface area contributed by atoms with Gasteiger partial charge in [0.15, 0.2) is 0 Å². The van der Waals surface area contributed by atoms with E-state index in [2.05, 4.69) is 19.2 Å². The molecular formula is C12H23N. The Morgan fingerprint density at radius 2 is 1.92 bits per heavy atom. The monoisotopic (exact) mass is 181 g/mol. The van der Waals surface area contributed by atoms with E-state index in [-0.39, 0.29) is 0 Å². The zero-order valence-electron chi connectivity index (χ0n) is 9.05. The van der Waals surface area contributed by atoms with Crippen molar-refractivity contribution in [2.24, 2.45) is 23.7 Å². The van der Waals surface area contributed by atoms with E-state index >= 15 is 0 Å². The number of fused-ring (bicyclic) bond motifs is 1. The molecule has 0 aromatic heterocycles. The summed E-state index contributed by atoms with van der Waals surface area (Å²) in [5.41, 5.74) is 0. The Balaban J connectivity index is 2.03. The Morgan fingerprint density at radius 3 is 2.77 bits per heavy atom. The van der Waals surface area contributed by atoms with Gasteiger partial charge < -0.3 is 5.32 Å². The Bertz CT molecular complexity index is 167. The maximum atomic E-state index is 3.55. The molecule has 13 heavy (non-hydrogen) atoms. The highest BCUT2D eigenvalue weighted by atomic mass is 14.9. The second kappa shape index (κ2) is 4.00. The van der Waals surface area contributed by atoms with Crippen LogP contribution in [0.3, 0.4) is 0 Å². The summed E-state index contributed by atoms with van der Waals surface area (Å²) < 4.78 is 0. The normalized spacial score (nSPS) is 46.6. The molecule has 1 saturated heterocycles. The molecule has 0 aromatic carbocycles. The van der Waals surface area contributed by atoms with E-state index in [1.54, 1.807) is 0 Å². The van der Waals surface area contributed by atoms with Gasteiger partial charge in [-0.2, -0.15) is 0 Å². The zero-order chi connectivity index (χ0) is 9.26. The third-order valence-corrected chi connectivity index (χ3v) is 4.20. The quantitative estimate of drug-likeness (QED) is 0.606. The second-order valence-corrected chi connectivity index (χ2v) is 5.31. The van der Waals surface area contributed by atoms with Crippen LogP contribution in [0.1, 0.15) is 39.5 Å². The van der Waals surface area contributed by atoms with Crippen molar-refractivity contribution in [1.82, 2.24) is 5.32 Å². The lowest BCUT2D eigenvalue weighted by Gasteiger charge is -2.34. The molecule has 4 atom stereocenters. The van der Waals surface area contributed by atoms with Crippen molar-refractivity contribution in [1.29, 1.82) is 0 Å². The second-order valence-electron chi connectivity index (χ2n) is 5.31. The summed E-state index contributed by atoms with van der Waals surface area (Å²) in [6.45, 7) is 7.47. The van der Waals surface area contributed by atoms with E-state index in [4.69, 9.17) is 0 Å². The molecule has 2 fully saturated rings.